The Hall–Kier alpha value is -2.07. The van der Waals surface area contributed by atoms with Crippen molar-refractivity contribution in [3.8, 4) is 5.75 Å². The number of hydrogen-bond donors (Lipinski definition) is 1. The zero-order valence-electron chi connectivity index (χ0n) is 11.6. The van der Waals surface area contributed by atoms with E-state index in [2.05, 4.69) is 0 Å². The van der Waals surface area contributed by atoms with E-state index in [0.717, 1.165) is 5.56 Å². The van der Waals surface area contributed by atoms with E-state index < -0.39 is 6.10 Å². The minimum atomic E-state index is -0.839. The molecule has 2 aromatic rings. The number of ether oxygens (including phenoxy) is 1. The summed E-state index contributed by atoms with van der Waals surface area (Å²) >= 11 is 0. The number of rotatable bonds is 5. The van der Waals surface area contributed by atoms with Crippen LogP contribution in [0.4, 0.5) is 0 Å². The van der Waals surface area contributed by atoms with E-state index in [9.17, 15) is 9.90 Å². The van der Waals surface area contributed by atoms with Gasteiger partial charge in [0.05, 0.1) is 0 Å². The number of aliphatic hydroxyl groups is 1. The van der Waals surface area contributed by atoms with Crippen LogP contribution in [0.25, 0.3) is 0 Å². The molecule has 1 aromatic carbocycles. The Balaban J connectivity index is 2.28. The molecule has 20 heavy (non-hydrogen) atoms. The van der Waals surface area contributed by atoms with Crippen molar-refractivity contribution in [2.45, 2.75) is 33.0 Å². The van der Waals surface area contributed by atoms with Gasteiger partial charge in [0.1, 0.15) is 18.5 Å². The van der Waals surface area contributed by atoms with Crippen LogP contribution in [0.3, 0.4) is 0 Å². The highest BCUT2D eigenvalue weighted by molar-refractivity contribution is 5.28. The van der Waals surface area contributed by atoms with Gasteiger partial charge in [-0.3, -0.25) is 4.79 Å². The Kier molecular flexibility index (Phi) is 4.58. The summed E-state index contributed by atoms with van der Waals surface area (Å²) in [5, 5.41) is 9.94. The van der Waals surface area contributed by atoms with Gasteiger partial charge in [-0.1, -0.05) is 37.3 Å². The van der Waals surface area contributed by atoms with Crippen LogP contribution in [0.2, 0.25) is 0 Å². The highest BCUT2D eigenvalue weighted by atomic mass is 16.5. The number of aliphatic hydroxyl groups excluding tert-OH is 1. The van der Waals surface area contributed by atoms with Crippen LogP contribution in [0.5, 0.6) is 5.75 Å². The molecule has 0 unspecified atom stereocenters. The fourth-order valence-corrected chi connectivity index (χ4v) is 1.90. The Morgan fingerprint density at radius 3 is 2.65 bits per heavy atom. The fourth-order valence-electron chi connectivity index (χ4n) is 1.90. The van der Waals surface area contributed by atoms with E-state index in [-0.39, 0.29) is 23.5 Å². The second-order valence-electron chi connectivity index (χ2n) is 4.61. The first-order valence-electron chi connectivity index (χ1n) is 6.61. The molecule has 0 saturated heterocycles. The van der Waals surface area contributed by atoms with E-state index in [1.165, 1.54) is 6.07 Å². The molecule has 0 bridgehead atoms. The van der Waals surface area contributed by atoms with Gasteiger partial charge in [-0.25, -0.2) is 0 Å². The maximum Gasteiger partial charge on any atom is 0.227 e. The van der Waals surface area contributed by atoms with Gasteiger partial charge in [0.25, 0.3) is 0 Å². The molecule has 0 spiro atoms. The van der Waals surface area contributed by atoms with Crippen LogP contribution in [-0.2, 0) is 6.61 Å². The lowest BCUT2D eigenvalue weighted by Gasteiger charge is -2.13. The van der Waals surface area contributed by atoms with Gasteiger partial charge in [-0.2, -0.15) is 0 Å². The molecule has 0 aliphatic heterocycles. The van der Waals surface area contributed by atoms with E-state index >= 15 is 0 Å². The smallest absolute Gasteiger partial charge is 0.227 e. The highest BCUT2D eigenvalue weighted by Gasteiger charge is 2.19. The zero-order chi connectivity index (χ0) is 14.5. The number of aryl methyl sites for hydroxylation is 1. The van der Waals surface area contributed by atoms with Crippen LogP contribution < -0.4 is 10.2 Å². The molecule has 0 amide bonds. The highest BCUT2D eigenvalue weighted by Crippen LogP contribution is 2.25. The lowest BCUT2D eigenvalue weighted by molar-refractivity contribution is 0.131. The van der Waals surface area contributed by atoms with Gasteiger partial charge in [-0.15, -0.1) is 0 Å². The Bertz CT molecular complexity index is 616. The summed E-state index contributed by atoms with van der Waals surface area (Å²) in [7, 11) is 0. The second kappa shape index (κ2) is 6.39. The first kappa shape index (κ1) is 14.3. The molecule has 0 fully saturated rings. The van der Waals surface area contributed by atoms with Gasteiger partial charge < -0.3 is 14.3 Å². The molecule has 2 rings (SSSR count). The summed E-state index contributed by atoms with van der Waals surface area (Å²) in [5.74, 6) is 0.756. The molecule has 1 N–H and O–H groups in total. The third kappa shape index (κ3) is 3.27. The molecule has 4 heteroatoms. The summed E-state index contributed by atoms with van der Waals surface area (Å²) < 4.78 is 11.0. The lowest BCUT2D eigenvalue weighted by Crippen LogP contribution is -2.13. The molecule has 0 radical (unpaired) electrons. The van der Waals surface area contributed by atoms with Crippen molar-refractivity contribution in [3.05, 3.63) is 63.7 Å². The molecular formula is C16H18O4. The third-order valence-corrected chi connectivity index (χ3v) is 2.97. The molecule has 0 aliphatic rings. The third-order valence-electron chi connectivity index (χ3n) is 2.97. The van der Waals surface area contributed by atoms with Gasteiger partial charge in [0.15, 0.2) is 5.76 Å². The van der Waals surface area contributed by atoms with Gasteiger partial charge in [0.2, 0.25) is 11.2 Å². The minimum Gasteiger partial charge on any atom is -0.482 e. The SMILES string of the molecule is CC[C@@H](O)c1oc(C)cc(=O)c1OCc1ccccc1. The summed E-state index contributed by atoms with van der Waals surface area (Å²) in [6.45, 7) is 3.75. The molecule has 1 atom stereocenters. The summed E-state index contributed by atoms with van der Waals surface area (Å²) in [6.07, 6.45) is -0.387. The number of hydrogen-bond acceptors (Lipinski definition) is 4. The maximum absolute atomic E-state index is 12.0. The Morgan fingerprint density at radius 1 is 1.30 bits per heavy atom. The van der Waals surface area contributed by atoms with Crippen molar-refractivity contribution in [1.82, 2.24) is 0 Å². The molecular weight excluding hydrogens is 256 g/mol. The molecule has 1 aromatic heterocycles. The molecule has 106 valence electrons. The second-order valence-corrected chi connectivity index (χ2v) is 4.61. The van der Waals surface area contributed by atoms with Gasteiger partial charge in [0, 0.05) is 6.07 Å². The first-order chi connectivity index (χ1) is 9.61. The van der Waals surface area contributed by atoms with Crippen LogP contribution in [0.1, 0.15) is 36.5 Å². The molecule has 1 heterocycles. The van der Waals surface area contributed by atoms with E-state index in [4.69, 9.17) is 9.15 Å². The maximum atomic E-state index is 12.0. The normalized spacial score (nSPS) is 12.2. The molecule has 4 nitrogen and oxygen atoms in total. The van der Waals surface area contributed by atoms with E-state index in [1.54, 1.807) is 6.92 Å². The van der Waals surface area contributed by atoms with Crippen LogP contribution >= 0.6 is 0 Å². The van der Waals surface area contributed by atoms with Gasteiger partial charge in [-0.05, 0) is 18.9 Å². The van der Waals surface area contributed by atoms with Crippen molar-refractivity contribution in [2.75, 3.05) is 0 Å². The summed E-state index contributed by atoms with van der Waals surface area (Å²) in [6, 6.07) is 10.9. The van der Waals surface area contributed by atoms with Gasteiger partial charge >= 0.3 is 0 Å². The Labute approximate surface area is 117 Å². The monoisotopic (exact) mass is 274 g/mol. The van der Waals surface area contributed by atoms with Crippen LogP contribution in [0.15, 0.2) is 45.6 Å². The lowest BCUT2D eigenvalue weighted by atomic mass is 10.2. The number of benzene rings is 1. The Morgan fingerprint density at radius 2 is 2.00 bits per heavy atom. The van der Waals surface area contributed by atoms with E-state index in [0.29, 0.717) is 12.2 Å². The van der Waals surface area contributed by atoms with Crippen LogP contribution in [0, 0.1) is 6.92 Å². The van der Waals surface area contributed by atoms with E-state index in [1.807, 2.05) is 37.3 Å². The van der Waals surface area contributed by atoms with Crippen molar-refractivity contribution >= 4 is 0 Å². The largest absolute Gasteiger partial charge is 0.482 e. The fraction of sp³-hybridized carbons (Fsp3) is 0.312. The minimum absolute atomic E-state index is 0.0915. The molecule has 0 saturated carbocycles. The molecule has 0 aliphatic carbocycles. The zero-order valence-corrected chi connectivity index (χ0v) is 11.6. The average Bonchev–Trinajstić information content (AvgIpc) is 2.46. The quantitative estimate of drug-likeness (QED) is 0.910. The topological polar surface area (TPSA) is 59.7 Å². The van der Waals surface area contributed by atoms with Crippen molar-refractivity contribution in [1.29, 1.82) is 0 Å². The first-order valence-corrected chi connectivity index (χ1v) is 6.61. The standard InChI is InChI=1S/C16H18O4/c1-3-13(17)16-15(14(18)9-11(2)20-16)19-10-12-7-5-4-6-8-12/h4-9,13,17H,3,10H2,1-2H3/t13-/m1/s1. The summed E-state index contributed by atoms with van der Waals surface area (Å²) in [5.41, 5.74) is 0.677. The average molecular weight is 274 g/mol. The van der Waals surface area contributed by atoms with Crippen LogP contribution in [-0.4, -0.2) is 5.11 Å². The van der Waals surface area contributed by atoms with Crippen molar-refractivity contribution < 1.29 is 14.3 Å². The summed E-state index contributed by atoms with van der Waals surface area (Å²) in [4.78, 5) is 12.0. The van der Waals surface area contributed by atoms with Crippen molar-refractivity contribution in [3.63, 3.8) is 0 Å². The van der Waals surface area contributed by atoms with Crippen molar-refractivity contribution in [2.24, 2.45) is 0 Å². The predicted octanol–water partition coefficient (Wildman–Crippen LogP) is 2.97. The predicted molar refractivity (Wildman–Crippen MR) is 75.7 cm³/mol.